The summed E-state index contributed by atoms with van der Waals surface area (Å²) in [5.74, 6) is 2.04. The van der Waals surface area contributed by atoms with Crippen molar-refractivity contribution in [3.05, 3.63) is 40.3 Å². The van der Waals surface area contributed by atoms with E-state index in [9.17, 15) is 0 Å². The normalized spacial score (nSPS) is 16.6. The van der Waals surface area contributed by atoms with Gasteiger partial charge in [-0.05, 0) is 29.9 Å². The van der Waals surface area contributed by atoms with Crippen molar-refractivity contribution in [1.29, 1.82) is 0 Å². The predicted octanol–water partition coefficient (Wildman–Crippen LogP) is 4.18. The molecule has 0 heterocycles. The van der Waals surface area contributed by atoms with E-state index >= 15 is 0 Å². The van der Waals surface area contributed by atoms with Crippen LogP contribution >= 0.6 is 11.6 Å². The second-order valence-corrected chi connectivity index (χ2v) is 4.36. The van der Waals surface area contributed by atoms with Crippen LogP contribution in [0.1, 0.15) is 43.7 Å². The Morgan fingerprint density at radius 3 is 2.54 bits per heavy atom. The van der Waals surface area contributed by atoms with Gasteiger partial charge >= 0.3 is 0 Å². The summed E-state index contributed by atoms with van der Waals surface area (Å²) in [6.45, 7) is 4.22. The van der Waals surface area contributed by atoms with Gasteiger partial charge < -0.3 is 0 Å². The molecule has 0 amide bonds. The highest BCUT2D eigenvalue weighted by Crippen LogP contribution is 2.44. The van der Waals surface area contributed by atoms with Gasteiger partial charge in [-0.25, -0.2) is 0 Å². The van der Waals surface area contributed by atoms with Gasteiger partial charge in [0.1, 0.15) is 0 Å². The van der Waals surface area contributed by atoms with Crippen molar-refractivity contribution in [2.75, 3.05) is 0 Å². The Hall–Kier alpha value is -0.490. The molecule has 1 aromatic rings. The molecular weight excluding hydrogens is 180 g/mol. The van der Waals surface area contributed by atoms with Gasteiger partial charge in [-0.15, -0.1) is 0 Å². The van der Waals surface area contributed by atoms with Crippen LogP contribution in [0.2, 0.25) is 5.02 Å². The third-order valence-corrected chi connectivity index (χ3v) is 3.01. The van der Waals surface area contributed by atoms with E-state index in [1.165, 1.54) is 29.9 Å². The molecule has 1 fully saturated rings. The summed E-state index contributed by atoms with van der Waals surface area (Å²) in [7, 11) is 0. The molecule has 69 valence electrons. The Morgan fingerprint density at radius 1 is 1.31 bits per heavy atom. The fraction of sp³-hybridized carbons (Fsp3) is 0.417. The van der Waals surface area contributed by atoms with E-state index in [0.717, 1.165) is 10.9 Å². The van der Waals surface area contributed by atoms with Crippen molar-refractivity contribution in [2.24, 2.45) is 0 Å². The van der Waals surface area contributed by atoms with Crippen LogP contribution in [0.3, 0.4) is 0 Å². The van der Waals surface area contributed by atoms with Crippen LogP contribution < -0.4 is 0 Å². The minimum Gasteiger partial charge on any atom is -0.0837 e. The molecule has 0 atom stereocenters. The fourth-order valence-corrected chi connectivity index (χ4v) is 2.11. The zero-order valence-electron chi connectivity index (χ0n) is 8.10. The van der Waals surface area contributed by atoms with Crippen LogP contribution in [-0.4, -0.2) is 0 Å². The first-order valence-corrected chi connectivity index (χ1v) is 5.17. The van der Waals surface area contributed by atoms with Crippen LogP contribution in [0.4, 0.5) is 0 Å². The van der Waals surface area contributed by atoms with E-state index in [1.54, 1.807) is 0 Å². The first-order chi connectivity index (χ1) is 6.20. The largest absolute Gasteiger partial charge is 0.0837 e. The SMILES string of the molecule is C[C](C)c1cccc(C2CC2)c1Cl. The smallest absolute Gasteiger partial charge is 0.0478 e. The zero-order chi connectivity index (χ0) is 9.42. The van der Waals surface area contributed by atoms with Gasteiger partial charge in [0, 0.05) is 10.9 Å². The molecule has 0 nitrogen and oxygen atoms in total. The standard InChI is InChI=1S/C12H14Cl/c1-8(2)10-4-3-5-11(12(10)13)9-6-7-9/h3-5,9H,6-7H2,1-2H3. The van der Waals surface area contributed by atoms with E-state index in [2.05, 4.69) is 32.0 Å². The van der Waals surface area contributed by atoms with Gasteiger partial charge in [0.05, 0.1) is 0 Å². The van der Waals surface area contributed by atoms with Crippen LogP contribution in [0, 0.1) is 5.92 Å². The fourth-order valence-electron chi connectivity index (χ4n) is 1.65. The molecule has 0 spiro atoms. The molecule has 2 rings (SSSR count). The average molecular weight is 194 g/mol. The lowest BCUT2D eigenvalue weighted by atomic mass is 9.99. The Balaban J connectivity index is 2.41. The van der Waals surface area contributed by atoms with Crippen LogP contribution in [-0.2, 0) is 0 Å². The summed E-state index contributed by atoms with van der Waals surface area (Å²) in [5, 5.41) is 0.977. The number of halogens is 1. The summed E-state index contributed by atoms with van der Waals surface area (Å²) in [6.07, 6.45) is 2.62. The third-order valence-electron chi connectivity index (χ3n) is 2.58. The van der Waals surface area contributed by atoms with Gasteiger partial charge in [-0.3, -0.25) is 0 Å². The molecule has 0 saturated heterocycles. The second-order valence-electron chi connectivity index (χ2n) is 3.98. The lowest BCUT2D eigenvalue weighted by Gasteiger charge is -2.10. The van der Waals surface area contributed by atoms with Crippen molar-refractivity contribution in [3.8, 4) is 0 Å². The van der Waals surface area contributed by atoms with Crippen LogP contribution in [0.25, 0.3) is 0 Å². The van der Waals surface area contributed by atoms with E-state index in [-0.39, 0.29) is 0 Å². The van der Waals surface area contributed by atoms with Gasteiger partial charge in [0.25, 0.3) is 0 Å². The van der Waals surface area contributed by atoms with Crippen LogP contribution in [0.5, 0.6) is 0 Å². The van der Waals surface area contributed by atoms with Gasteiger partial charge in [-0.2, -0.15) is 0 Å². The average Bonchev–Trinajstić information content (AvgIpc) is 2.87. The number of hydrogen-bond donors (Lipinski definition) is 0. The molecule has 1 aliphatic carbocycles. The van der Waals surface area contributed by atoms with Crippen molar-refractivity contribution in [1.82, 2.24) is 0 Å². The molecule has 1 aromatic carbocycles. The van der Waals surface area contributed by atoms with Crippen LogP contribution in [0.15, 0.2) is 18.2 Å². The lowest BCUT2D eigenvalue weighted by molar-refractivity contribution is 1.09. The maximum Gasteiger partial charge on any atom is 0.0478 e. The zero-order valence-corrected chi connectivity index (χ0v) is 8.86. The number of hydrogen-bond acceptors (Lipinski definition) is 0. The molecule has 1 radical (unpaired) electrons. The minimum absolute atomic E-state index is 0.742. The van der Waals surface area contributed by atoms with E-state index in [0.29, 0.717) is 0 Å². The summed E-state index contributed by atoms with van der Waals surface area (Å²) in [5.41, 5.74) is 2.56. The molecule has 1 saturated carbocycles. The van der Waals surface area contributed by atoms with Crippen molar-refractivity contribution in [3.63, 3.8) is 0 Å². The Kier molecular flexibility index (Phi) is 2.33. The Labute approximate surface area is 84.9 Å². The highest BCUT2D eigenvalue weighted by atomic mass is 35.5. The maximum absolute atomic E-state index is 6.32. The monoisotopic (exact) mass is 193 g/mol. The van der Waals surface area contributed by atoms with Gasteiger partial charge in [0.15, 0.2) is 0 Å². The minimum atomic E-state index is 0.742. The van der Waals surface area contributed by atoms with E-state index in [1.807, 2.05) is 0 Å². The molecule has 0 unspecified atom stereocenters. The number of benzene rings is 1. The molecule has 13 heavy (non-hydrogen) atoms. The molecule has 1 heteroatoms. The highest BCUT2D eigenvalue weighted by molar-refractivity contribution is 6.32. The van der Waals surface area contributed by atoms with Gasteiger partial charge in [-0.1, -0.05) is 43.6 Å². The Morgan fingerprint density at radius 2 is 2.00 bits per heavy atom. The summed E-state index contributed by atoms with van der Waals surface area (Å²) in [6, 6.07) is 6.37. The second kappa shape index (κ2) is 3.34. The lowest BCUT2D eigenvalue weighted by Crippen LogP contribution is -1.92. The summed E-state index contributed by atoms with van der Waals surface area (Å²) in [4.78, 5) is 0. The number of rotatable bonds is 2. The van der Waals surface area contributed by atoms with Crippen molar-refractivity contribution < 1.29 is 0 Å². The quantitative estimate of drug-likeness (QED) is 0.661. The summed E-state index contributed by atoms with van der Waals surface area (Å²) >= 11 is 6.32. The van der Waals surface area contributed by atoms with Gasteiger partial charge in [0.2, 0.25) is 0 Å². The topological polar surface area (TPSA) is 0 Å². The third kappa shape index (κ3) is 1.73. The maximum atomic E-state index is 6.32. The first kappa shape index (κ1) is 9.08. The molecular formula is C12H14Cl. The summed E-state index contributed by atoms with van der Waals surface area (Å²) < 4.78 is 0. The van der Waals surface area contributed by atoms with E-state index < -0.39 is 0 Å². The first-order valence-electron chi connectivity index (χ1n) is 4.79. The molecule has 0 N–H and O–H groups in total. The van der Waals surface area contributed by atoms with E-state index in [4.69, 9.17) is 11.6 Å². The van der Waals surface area contributed by atoms with Crippen molar-refractivity contribution in [2.45, 2.75) is 32.6 Å². The van der Waals surface area contributed by atoms with Crippen molar-refractivity contribution >= 4 is 11.6 Å². The Bertz CT molecular complexity index is 291. The highest BCUT2D eigenvalue weighted by Gasteiger charge is 2.26. The molecule has 1 aliphatic rings. The molecule has 0 aromatic heterocycles. The predicted molar refractivity (Wildman–Crippen MR) is 57.1 cm³/mol. The molecule has 0 aliphatic heterocycles. The molecule has 0 bridgehead atoms.